The molecule has 0 saturated heterocycles. The zero-order valence-electron chi connectivity index (χ0n) is 7.41. The third-order valence-corrected chi connectivity index (χ3v) is 2.38. The van der Waals surface area contributed by atoms with Crippen molar-refractivity contribution >= 4 is 39.3 Å². The van der Waals surface area contributed by atoms with Gasteiger partial charge >= 0.3 is 5.97 Å². The summed E-state index contributed by atoms with van der Waals surface area (Å²) in [5.74, 6) is -1.61. The molecule has 78 valence electrons. The average molecular weight is 290 g/mol. The Hall–Kier alpha value is -1.13. The summed E-state index contributed by atoms with van der Waals surface area (Å²) in [6.07, 6.45) is 1.75. The second-order valence-corrected chi connectivity index (χ2v) is 3.98. The van der Waals surface area contributed by atoms with Crippen LogP contribution in [0.3, 0.4) is 0 Å². The quantitative estimate of drug-likeness (QED) is 0.687. The second kappa shape index (κ2) is 5.09. The smallest absolute Gasteiger partial charge is 0.328 e. The molecule has 0 heterocycles. The second-order valence-electron chi connectivity index (χ2n) is 2.66. The Kier molecular flexibility index (Phi) is 4.05. The number of allylic oxidation sites excluding steroid dienone is 1. The van der Waals surface area contributed by atoms with Crippen LogP contribution >= 0.6 is 27.5 Å². The van der Waals surface area contributed by atoms with E-state index in [9.17, 15) is 9.59 Å². The van der Waals surface area contributed by atoms with Gasteiger partial charge in [-0.15, -0.1) is 0 Å². The molecule has 5 heteroatoms. The fourth-order valence-corrected chi connectivity index (χ4v) is 1.69. The third kappa shape index (κ3) is 3.49. The van der Waals surface area contributed by atoms with Crippen LogP contribution in [0.5, 0.6) is 0 Å². The molecule has 0 spiro atoms. The maximum atomic E-state index is 11.4. The predicted octanol–water partition coefficient (Wildman–Crippen LogP) is 2.93. The lowest BCUT2D eigenvalue weighted by molar-refractivity contribution is -0.131. The zero-order valence-corrected chi connectivity index (χ0v) is 9.75. The van der Waals surface area contributed by atoms with Gasteiger partial charge in [0.2, 0.25) is 0 Å². The van der Waals surface area contributed by atoms with Crippen molar-refractivity contribution in [3.8, 4) is 0 Å². The normalized spacial score (nSPS) is 10.5. The highest BCUT2D eigenvalue weighted by molar-refractivity contribution is 9.10. The van der Waals surface area contributed by atoms with Gasteiger partial charge in [-0.1, -0.05) is 27.5 Å². The van der Waals surface area contributed by atoms with E-state index in [0.29, 0.717) is 0 Å². The van der Waals surface area contributed by atoms with E-state index in [1.54, 1.807) is 12.1 Å². The van der Waals surface area contributed by atoms with Gasteiger partial charge in [0.1, 0.15) is 0 Å². The molecule has 1 rings (SSSR count). The van der Waals surface area contributed by atoms with Gasteiger partial charge in [-0.25, -0.2) is 4.79 Å². The highest BCUT2D eigenvalue weighted by atomic mass is 79.9. The van der Waals surface area contributed by atoms with Crippen molar-refractivity contribution in [2.75, 3.05) is 0 Å². The van der Waals surface area contributed by atoms with E-state index in [4.69, 9.17) is 16.7 Å². The van der Waals surface area contributed by atoms with Crippen molar-refractivity contribution in [2.45, 2.75) is 0 Å². The van der Waals surface area contributed by atoms with Crippen LogP contribution in [0.2, 0.25) is 5.02 Å². The van der Waals surface area contributed by atoms with Crippen LogP contribution in [0, 0.1) is 0 Å². The van der Waals surface area contributed by atoms with Crippen molar-refractivity contribution in [1.82, 2.24) is 0 Å². The zero-order chi connectivity index (χ0) is 11.4. The van der Waals surface area contributed by atoms with Crippen LogP contribution in [0.4, 0.5) is 0 Å². The summed E-state index contributed by atoms with van der Waals surface area (Å²) in [6.45, 7) is 0. The highest BCUT2D eigenvalue weighted by Crippen LogP contribution is 2.21. The lowest BCUT2D eigenvalue weighted by atomic mass is 10.1. The number of rotatable bonds is 3. The first-order chi connectivity index (χ1) is 7.00. The fourth-order valence-electron chi connectivity index (χ4n) is 0.926. The van der Waals surface area contributed by atoms with E-state index in [0.717, 1.165) is 16.6 Å². The maximum absolute atomic E-state index is 11.4. The summed E-state index contributed by atoms with van der Waals surface area (Å²) in [5, 5.41) is 8.63. The van der Waals surface area contributed by atoms with Gasteiger partial charge in [0.25, 0.3) is 0 Å². The number of carbonyl (C=O) groups excluding carboxylic acids is 1. The molecule has 0 aliphatic rings. The summed E-state index contributed by atoms with van der Waals surface area (Å²) in [7, 11) is 0. The monoisotopic (exact) mass is 288 g/mol. The third-order valence-electron chi connectivity index (χ3n) is 1.57. The molecular weight excluding hydrogens is 283 g/mol. The molecule has 1 N–H and O–H groups in total. The predicted molar refractivity (Wildman–Crippen MR) is 60.3 cm³/mol. The first-order valence-corrected chi connectivity index (χ1v) is 5.08. The van der Waals surface area contributed by atoms with Gasteiger partial charge in [0.05, 0.1) is 5.02 Å². The molecule has 0 bridgehead atoms. The SMILES string of the molecule is O=C(O)C=CC(=O)c1ccc(Br)cc1Cl. The minimum Gasteiger partial charge on any atom is -0.478 e. The van der Waals surface area contributed by atoms with E-state index in [-0.39, 0.29) is 10.6 Å². The number of hydrogen-bond acceptors (Lipinski definition) is 2. The molecule has 0 atom stereocenters. The average Bonchev–Trinajstić information content (AvgIpc) is 2.14. The van der Waals surface area contributed by atoms with Crippen LogP contribution in [0.25, 0.3) is 0 Å². The Bertz CT molecular complexity index is 440. The van der Waals surface area contributed by atoms with Crippen molar-refractivity contribution in [3.63, 3.8) is 0 Å². The van der Waals surface area contributed by atoms with Crippen molar-refractivity contribution in [1.29, 1.82) is 0 Å². The van der Waals surface area contributed by atoms with Crippen molar-refractivity contribution in [3.05, 3.63) is 45.4 Å². The standard InChI is InChI=1S/C10H6BrClO3/c11-6-1-2-7(8(12)5-6)9(13)3-4-10(14)15/h1-5H,(H,14,15). The molecule has 0 aliphatic heterocycles. The molecule has 0 radical (unpaired) electrons. The molecule has 1 aromatic carbocycles. The van der Waals surface area contributed by atoms with Crippen molar-refractivity contribution < 1.29 is 14.7 Å². The molecular formula is C10H6BrClO3. The maximum Gasteiger partial charge on any atom is 0.328 e. The van der Waals surface area contributed by atoms with E-state index >= 15 is 0 Å². The van der Waals surface area contributed by atoms with Gasteiger partial charge in [-0.05, 0) is 24.3 Å². The van der Waals surface area contributed by atoms with E-state index < -0.39 is 11.8 Å². The number of ketones is 1. The number of benzene rings is 1. The van der Waals surface area contributed by atoms with Crippen molar-refractivity contribution in [2.24, 2.45) is 0 Å². The molecule has 15 heavy (non-hydrogen) atoms. The fraction of sp³-hybridized carbons (Fsp3) is 0. The summed E-state index contributed by atoms with van der Waals surface area (Å²) >= 11 is 9.01. The highest BCUT2D eigenvalue weighted by Gasteiger charge is 2.07. The summed E-state index contributed by atoms with van der Waals surface area (Å²) < 4.78 is 0.756. The van der Waals surface area contributed by atoms with Gasteiger partial charge in [-0.2, -0.15) is 0 Å². The Balaban J connectivity index is 2.97. The number of carbonyl (C=O) groups is 2. The van der Waals surface area contributed by atoms with Gasteiger partial charge in [0.15, 0.2) is 5.78 Å². The topological polar surface area (TPSA) is 54.4 Å². The van der Waals surface area contributed by atoms with Crippen LogP contribution in [0.1, 0.15) is 10.4 Å². The molecule has 0 aliphatic carbocycles. The molecule has 0 aromatic heterocycles. The van der Waals surface area contributed by atoms with E-state index in [2.05, 4.69) is 15.9 Å². The van der Waals surface area contributed by atoms with Gasteiger partial charge in [-0.3, -0.25) is 4.79 Å². The minimum absolute atomic E-state index is 0.275. The van der Waals surface area contributed by atoms with Crippen LogP contribution in [0.15, 0.2) is 34.8 Å². The first kappa shape index (κ1) is 11.9. The van der Waals surface area contributed by atoms with Crippen LogP contribution in [-0.2, 0) is 4.79 Å². The van der Waals surface area contributed by atoms with Gasteiger partial charge in [0, 0.05) is 16.1 Å². The lowest BCUT2D eigenvalue weighted by Crippen LogP contribution is -1.97. The first-order valence-electron chi connectivity index (χ1n) is 3.91. The van der Waals surface area contributed by atoms with E-state index in [1.807, 2.05) is 0 Å². The van der Waals surface area contributed by atoms with Gasteiger partial charge < -0.3 is 5.11 Å². The number of carboxylic acids is 1. The summed E-state index contributed by atoms with van der Waals surface area (Å²) in [5.41, 5.74) is 0.275. The molecule has 0 fully saturated rings. The molecule has 3 nitrogen and oxygen atoms in total. The number of halogens is 2. The summed E-state index contributed by atoms with van der Waals surface area (Å²) in [6, 6.07) is 4.76. The van der Waals surface area contributed by atoms with Crippen LogP contribution in [-0.4, -0.2) is 16.9 Å². The number of hydrogen-bond donors (Lipinski definition) is 1. The summed E-state index contributed by atoms with van der Waals surface area (Å²) in [4.78, 5) is 21.6. The molecule has 0 saturated carbocycles. The Labute approximate surface area is 99.5 Å². The largest absolute Gasteiger partial charge is 0.478 e. The molecule has 0 amide bonds. The lowest BCUT2D eigenvalue weighted by Gasteiger charge is -1.99. The Morgan fingerprint density at radius 2 is 2.00 bits per heavy atom. The molecule has 1 aromatic rings. The Morgan fingerprint density at radius 3 is 2.53 bits per heavy atom. The minimum atomic E-state index is -1.17. The number of aliphatic carboxylic acids is 1. The Morgan fingerprint density at radius 1 is 1.33 bits per heavy atom. The number of carboxylic acid groups (broad SMARTS) is 1. The molecule has 0 unspecified atom stereocenters. The van der Waals surface area contributed by atoms with E-state index in [1.165, 1.54) is 6.07 Å². The van der Waals surface area contributed by atoms with Crippen LogP contribution < -0.4 is 0 Å².